The molecule has 19 heavy (non-hydrogen) atoms. The summed E-state index contributed by atoms with van der Waals surface area (Å²) in [6, 6.07) is 7.30. The zero-order valence-corrected chi connectivity index (χ0v) is 11.8. The van der Waals surface area contributed by atoms with Gasteiger partial charge in [0, 0.05) is 31.2 Å². The van der Waals surface area contributed by atoms with Gasteiger partial charge in [-0.15, -0.1) is 0 Å². The standard InChI is InChI=1S/C16H23FN2/c1-11-3-4-13(9-16(11)17)12(2)19-8-7-14-5-6-15(10-19)18-14/h3-4,9,12,14-15,18H,5-8,10H2,1-2H3. The van der Waals surface area contributed by atoms with Gasteiger partial charge in [-0.2, -0.15) is 0 Å². The number of hydrogen-bond acceptors (Lipinski definition) is 2. The average molecular weight is 262 g/mol. The number of nitrogens with zero attached hydrogens (tertiary/aromatic N) is 1. The molecule has 3 rings (SSSR count). The molecule has 2 fully saturated rings. The molecule has 2 aliphatic rings. The fraction of sp³-hybridized carbons (Fsp3) is 0.625. The van der Waals surface area contributed by atoms with Crippen LogP contribution in [0.2, 0.25) is 0 Å². The van der Waals surface area contributed by atoms with Gasteiger partial charge < -0.3 is 5.32 Å². The first-order valence-electron chi connectivity index (χ1n) is 7.39. The highest BCUT2D eigenvalue weighted by atomic mass is 19.1. The number of hydrogen-bond donors (Lipinski definition) is 1. The molecule has 1 aromatic carbocycles. The van der Waals surface area contributed by atoms with E-state index in [2.05, 4.69) is 23.2 Å². The lowest BCUT2D eigenvalue weighted by Crippen LogP contribution is -2.36. The quantitative estimate of drug-likeness (QED) is 0.881. The topological polar surface area (TPSA) is 15.3 Å². The van der Waals surface area contributed by atoms with Crippen molar-refractivity contribution < 1.29 is 4.39 Å². The van der Waals surface area contributed by atoms with E-state index in [1.54, 1.807) is 6.07 Å². The van der Waals surface area contributed by atoms with Crippen LogP contribution in [-0.2, 0) is 0 Å². The molecule has 3 unspecified atom stereocenters. The Morgan fingerprint density at radius 2 is 2.05 bits per heavy atom. The molecule has 2 aliphatic heterocycles. The summed E-state index contributed by atoms with van der Waals surface area (Å²) in [6.07, 6.45) is 3.83. The van der Waals surface area contributed by atoms with Gasteiger partial charge in [0.15, 0.2) is 0 Å². The smallest absolute Gasteiger partial charge is 0.126 e. The first-order chi connectivity index (χ1) is 9.13. The van der Waals surface area contributed by atoms with Gasteiger partial charge in [0.1, 0.15) is 5.82 Å². The van der Waals surface area contributed by atoms with E-state index in [9.17, 15) is 4.39 Å². The minimum atomic E-state index is -0.0844. The van der Waals surface area contributed by atoms with Crippen molar-refractivity contribution in [2.45, 2.75) is 51.2 Å². The largest absolute Gasteiger partial charge is 0.310 e. The Balaban J connectivity index is 1.75. The first kappa shape index (κ1) is 13.1. The normalized spacial score (nSPS) is 29.2. The van der Waals surface area contributed by atoms with Crippen LogP contribution < -0.4 is 5.32 Å². The van der Waals surface area contributed by atoms with Crippen LogP contribution >= 0.6 is 0 Å². The van der Waals surface area contributed by atoms with Crippen molar-refractivity contribution in [3.05, 3.63) is 35.1 Å². The number of rotatable bonds is 2. The molecule has 0 saturated carbocycles. The zero-order chi connectivity index (χ0) is 13.4. The van der Waals surface area contributed by atoms with Gasteiger partial charge in [0.05, 0.1) is 0 Å². The van der Waals surface area contributed by atoms with E-state index >= 15 is 0 Å². The summed E-state index contributed by atoms with van der Waals surface area (Å²) in [5.41, 5.74) is 1.83. The lowest BCUT2D eigenvalue weighted by atomic mass is 10.0. The van der Waals surface area contributed by atoms with Crippen LogP contribution in [0.25, 0.3) is 0 Å². The Kier molecular flexibility index (Phi) is 3.59. The maximum absolute atomic E-state index is 13.7. The number of likely N-dealkylation sites (tertiary alicyclic amines) is 1. The van der Waals surface area contributed by atoms with Gasteiger partial charge in [0.2, 0.25) is 0 Å². The summed E-state index contributed by atoms with van der Waals surface area (Å²) in [5.74, 6) is -0.0844. The number of benzene rings is 1. The molecule has 0 spiro atoms. The Morgan fingerprint density at radius 3 is 2.84 bits per heavy atom. The Bertz CT molecular complexity index is 460. The minimum absolute atomic E-state index is 0.0844. The summed E-state index contributed by atoms with van der Waals surface area (Å²) >= 11 is 0. The molecular formula is C16H23FN2. The van der Waals surface area contributed by atoms with E-state index in [1.807, 2.05) is 13.0 Å². The molecule has 0 amide bonds. The van der Waals surface area contributed by atoms with E-state index in [4.69, 9.17) is 0 Å². The van der Waals surface area contributed by atoms with Crippen LogP contribution in [0.1, 0.15) is 43.4 Å². The second-order valence-electron chi connectivity index (χ2n) is 6.11. The SMILES string of the molecule is Cc1ccc(C(C)N2CCC3CCC(C2)N3)cc1F. The van der Waals surface area contributed by atoms with E-state index in [0.29, 0.717) is 18.1 Å². The Labute approximate surface area is 115 Å². The van der Waals surface area contributed by atoms with Crippen LogP contribution in [-0.4, -0.2) is 30.1 Å². The summed E-state index contributed by atoms with van der Waals surface area (Å²) in [7, 11) is 0. The van der Waals surface area contributed by atoms with Gasteiger partial charge in [-0.3, -0.25) is 4.90 Å². The molecule has 1 N–H and O–H groups in total. The molecule has 3 atom stereocenters. The number of nitrogens with one attached hydrogen (secondary N) is 1. The summed E-state index contributed by atoms with van der Waals surface area (Å²) in [5, 5.41) is 3.69. The van der Waals surface area contributed by atoms with Crippen molar-refractivity contribution in [2.24, 2.45) is 0 Å². The highest BCUT2D eigenvalue weighted by Gasteiger charge is 2.31. The Morgan fingerprint density at radius 1 is 1.26 bits per heavy atom. The van der Waals surface area contributed by atoms with E-state index in [0.717, 1.165) is 24.2 Å². The first-order valence-corrected chi connectivity index (χ1v) is 7.39. The Hall–Kier alpha value is -0.930. The van der Waals surface area contributed by atoms with Gasteiger partial charge in [-0.25, -0.2) is 4.39 Å². The van der Waals surface area contributed by atoms with Crippen LogP contribution in [0.5, 0.6) is 0 Å². The van der Waals surface area contributed by atoms with Gasteiger partial charge in [-0.1, -0.05) is 12.1 Å². The molecule has 2 nitrogen and oxygen atoms in total. The monoisotopic (exact) mass is 262 g/mol. The molecular weight excluding hydrogens is 239 g/mol. The maximum atomic E-state index is 13.7. The number of fused-ring (bicyclic) bond motifs is 2. The van der Waals surface area contributed by atoms with E-state index in [-0.39, 0.29) is 5.82 Å². The summed E-state index contributed by atoms with van der Waals surface area (Å²) in [6.45, 7) is 6.22. The molecule has 0 radical (unpaired) electrons. The minimum Gasteiger partial charge on any atom is -0.310 e. The van der Waals surface area contributed by atoms with Gasteiger partial charge >= 0.3 is 0 Å². The molecule has 1 aromatic rings. The number of halogens is 1. The van der Waals surface area contributed by atoms with Gasteiger partial charge in [-0.05, 0) is 50.3 Å². The highest BCUT2D eigenvalue weighted by Crippen LogP contribution is 2.28. The lowest BCUT2D eigenvalue weighted by molar-refractivity contribution is 0.199. The van der Waals surface area contributed by atoms with Crippen LogP contribution in [0.3, 0.4) is 0 Å². The fourth-order valence-corrected chi connectivity index (χ4v) is 3.40. The predicted molar refractivity (Wildman–Crippen MR) is 75.7 cm³/mol. The fourth-order valence-electron chi connectivity index (χ4n) is 3.40. The van der Waals surface area contributed by atoms with E-state index < -0.39 is 0 Å². The van der Waals surface area contributed by atoms with Crippen molar-refractivity contribution in [3.63, 3.8) is 0 Å². The number of aryl methyl sites for hydroxylation is 1. The molecule has 3 heteroatoms. The van der Waals surface area contributed by atoms with Gasteiger partial charge in [0.25, 0.3) is 0 Å². The lowest BCUT2D eigenvalue weighted by Gasteiger charge is -2.30. The molecule has 0 aliphatic carbocycles. The van der Waals surface area contributed by atoms with Crippen LogP contribution in [0, 0.1) is 12.7 Å². The molecule has 2 bridgehead atoms. The third kappa shape index (κ3) is 2.67. The third-order valence-corrected chi connectivity index (χ3v) is 4.78. The van der Waals surface area contributed by atoms with Crippen LogP contribution in [0.15, 0.2) is 18.2 Å². The second-order valence-corrected chi connectivity index (χ2v) is 6.11. The zero-order valence-electron chi connectivity index (χ0n) is 11.8. The third-order valence-electron chi connectivity index (χ3n) is 4.78. The highest BCUT2D eigenvalue weighted by molar-refractivity contribution is 5.25. The van der Waals surface area contributed by atoms with Crippen LogP contribution in [0.4, 0.5) is 4.39 Å². The van der Waals surface area contributed by atoms with Crippen molar-refractivity contribution in [1.29, 1.82) is 0 Å². The van der Waals surface area contributed by atoms with Crippen molar-refractivity contribution in [2.75, 3.05) is 13.1 Å². The van der Waals surface area contributed by atoms with E-state index in [1.165, 1.54) is 19.3 Å². The van der Waals surface area contributed by atoms with Crippen molar-refractivity contribution in [3.8, 4) is 0 Å². The van der Waals surface area contributed by atoms with Crippen molar-refractivity contribution in [1.82, 2.24) is 10.2 Å². The average Bonchev–Trinajstić information content (AvgIpc) is 2.72. The molecule has 104 valence electrons. The second kappa shape index (κ2) is 5.22. The molecule has 2 saturated heterocycles. The maximum Gasteiger partial charge on any atom is 0.126 e. The molecule has 0 aromatic heterocycles. The summed E-state index contributed by atoms with van der Waals surface area (Å²) in [4.78, 5) is 2.50. The summed E-state index contributed by atoms with van der Waals surface area (Å²) < 4.78 is 13.7. The predicted octanol–water partition coefficient (Wildman–Crippen LogP) is 3.02. The molecule has 2 heterocycles. The van der Waals surface area contributed by atoms with Crippen molar-refractivity contribution >= 4 is 0 Å².